The molecule has 0 saturated heterocycles. The van der Waals surface area contributed by atoms with E-state index in [0.29, 0.717) is 16.0 Å². The summed E-state index contributed by atoms with van der Waals surface area (Å²) in [6.07, 6.45) is 0.0494. The van der Waals surface area contributed by atoms with Crippen LogP contribution in [0, 0.1) is 0 Å². The number of nitrogens with one attached hydrogen (secondary N) is 2. The lowest BCUT2D eigenvalue weighted by Crippen LogP contribution is -2.30. The summed E-state index contributed by atoms with van der Waals surface area (Å²) in [5.41, 5.74) is 0.880. The van der Waals surface area contributed by atoms with Crippen molar-refractivity contribution in [1.29, 1.82) is 0 Å². The van der Waals surface area contributed by atoms with Gasteiger partial charge in [0.15, 0.2) is 0 Å². The van der Waals surface area contributed by atoms with Gasteiger partial charge in [-0.1, -0.05) is 45.7 Å². The third-order valence-corrected chi connectivity index (χ3v) is 5.32. The minimum absolute atomic E-state index is 0.0240. The number of amides is 1. The number of carbonyl (C=O) groups is 1. The van der Waals surface area contributed by atoms with Gasteiger partial charge < -0.3 is 5.32 Å². The Kier molecular flexibility index (Phi) is 6.79. The molecule has 24 heavy (non-hydrogen) atoms. The largest absolute Gasteiger partial charge is 0.352 e. The first-order valence-corrected chi connectivity index (χ1v) is 9.78. The minimum atomic E-state index is -3.63. The molecule has 0 aliphatic heterocycles. The van der Waals surface area contributed by atoms with E-state index >= 15 is 0 Å². The Balaban J connectivity index is 1.80. The van der Waals surface area contributed by atoms with Gasteiger partial charge in [-0.2, -0.15) is 0 Å². The molecule has 0 radical (unpaired) electrons. The summed E-state index contributed by atoms with van der Waals surface area (Å²) >= 11 is 9.10. The summed E-state index contributed by atoms with van der Waals surface area (Å²) < 4.78 is 27.3. The van der Waals surface area contributed by atoms with Gasteiger partial charge in [-0.15, -0.1) is 0 Å². The summed E-state index contributed by atoms with van der Waals surface area (Å²) in [5, 5.41) is 3.32. The molecule has 128 valence electrons. The Bertz CT molecular complexity index is 828. The van der Waals surface area contributed by atoms with E-state index in [1.54, 1.807) is 30.3 Å². The van der Waals surface area contributed by atoms with E-state index in [4.69, 9.17) is 11.6 Å². The number of hydrogen-bond acceptors (Lipinski definition) is 3. The topological polar surface area (TPSA) is 75.3 Å². The third kappa shape index (κ3) is 5.90. The molecule has 0 aliphatic carbocycles. The number of rotatable bonds is 7. The molecule has 8 heteroatoms. The van der Waals surface area contributed by atoms with Crippen molar-refractivity contribution in [3.63, 3.8) is 0 Å². The molecule has 0 atom stereocenters. The molecule has 2 aromatic carbocycles. The normalized spacial score (nSPS) is 11.2. The van der Waals surface area contributed by atoms with Crippen LogP contribution in [-0.4, -0.2) is 20.9 Å². The maximum Gasteiger partial charge on any atom is 0.240 e. The highest BCUT2D eigenvalue weighted by molar-refractivity contribution is 9.10. The standard InChI is InChI=1S/C16H16BrClN2O3S/c17-13-4-2-6-15(10-13)24(22,23)20-8-7-16(21)19-11-12-3-1-5-14(18)9-12/h1-6,9-10,20H,7-8,11H2,(H,19,21). The minimum Gasteiger partial charge on any atom is -0.352 e. The first kappa shape index (κ1) is 18.9. The van der Waals surface area contributed by atoms with Crippen molar-refractivity contribution in [3.8, 4) is 0 Å². The van der Waals surface area contributed by atoms with Gasteiger partial charge in [0, 0.05) is 29.0 Å². The van der Waals surface area contributed by atoms with Gasteiger partial charge in [0.05, 0.1) is 4.90 Å². The summed E-state index contributed by atoms with van der Waals surface area (Å²) in [6.45, 7) is 0.369. The predicted molar refractivity (Wildman–Crippen MR) is 97.2 cm³/mol. The van der Waals surface area contributed by atoms with E-state index in [-0.39, 0.29) is 23.8 Å². The highest BCUT2D eigenvalue weighted by Gasteiger charge is 2.14. The first-order chi connectivity index (χ1) is 11.4. The number of halogens is 2. The van der Waals surface area contributed by atoms with E-state index < -0.39 is 10.0 Å². The molecular weight excluding hydrogens is 416 g/mol. The van der Waals surface area contributed by atoms with Crippen molar-refractivity contribution in [1.82, 2.24) is 10.0 Å². The summed E-state index contributed by atoms with van der Waals surface area (Å²) in [7, 11) is -3.63. The lowest BCUT2D eigenvalue weighted by molar-refractivity contribution is -0.121. The Morgan fingerprint density at radius 2 is 1.88 bits per heavy atom. The number of hydrogen-bond donors (Lipinski definition) is 2. The molecule has 0 fully saturated rings. The maximum absolute atomic E-state index is 12.1. The van der Waals surface area contributed by atoms with Gasteiger partial charge in [0.25, 0.3) is 0 Å². The highest BCUT2D eigenvalue weighted by atomic mass is 79.9. The van der Waals surface area contributed by atoms with Crippen molar-refractivity contribution < 1.29 is 13.2 Å². The molecule has 2 rings (SSSR count). The molecular formula is C16H16BrClN2O3S. The quantitative estimate of drug-likeness (QED) is 0.707. The van der Waals surface area contributed by atoms with Crippen LogP contribution < -0.4 is 10.0 Å². The van der Waals surface area contributed by atoms with Gasteiger partial charge in [-0.3, -0.25) is 4.79 Å². The highest BCUT2D eigenvalue weighted by Crippen LogP contribution is 2.15. The molecule has 2 aromatic rings. The molecule has 0 saturated carbocycles. The Morgan fingerprint density at radius 3 is 2.58 bits per heavy atom. The van der Waals surface area contributed by atoms with Crippen molar-refractivity contribution in [2.24, 2.45) is 0 Å². The van der Waals surface area contributed by atoms with Crippen LogP contribution in [0.15, 0.2) is 57.9 Å². The zero-order valence-corrected chi connectivity index (χ0v) is 15.8. The average Bonchev–Trinajstić information content (AvgIpc) is 2.53. The van der Waals surface area contributed by atoms with Gasteiger partial charge in [0.2, 0.25) is 15.9 Å². The summed E-state index contributed by atoms with van der Waals surface area (Å²) in [6, 6.07) is 13.5. The van der Waals surface area contributed by atoms with E-state index in [1.165, 1.54) is 12.1 Å². The third-order valence-electron chi connectivity index (χ3n) is 3.13. The van der Waals surface area contributed by atoms with Crippen molar-refractivity contribution in [3.05, 3.63) is 63.6 Å². The van der Waals surface area contributed by atoms with Crippen molar-refractivity contribution >= 4 is 43.5 Å². The molecule has 0 bridgehead atoms. The maximum atomic E-state index is 12.1. The molecule has 5 nitrogen and oxygen atoms in total. The molecule has 0 unspecified atom stereocenters. The SMILES string of the molecule is O=C(CCNS(=O)(=O)c1cccc(Br)c1)NCc1cccc(Cl)c1. The fourth-order valence-corrected chi connectivity index (χ4v) is 3.79. The Hall–Kier alpha value is -1.41. The molecule has 0 heterocycles. The van der Waals surface area contributed by atoms with Crippen molar-refractivity contribution in [2.45, 2.75) is 17.9 Å². The zero-order valence-electron chi connectivity index (χ0n) is 12.6. The second kappa shape index (κ2) is 8.62. The van der Waals surface area contributed by atoms with E-state index in [1.807, 2.05) is 6.07 Å². The van der Waals surface area contributed by atoms with Crippen LogP contribution >= 0.6 is 27.5 Å². The van der Waals surface area contributed by atoms with Gasteiger partial charge in [0.1, 0.15) is 0 Å². The van der Waals surface area contributed by atoms with Crippen LogP contribution in [0.4, 0.5) is 0 Å². The smallest absolute Gasteiger partial charge is 0.240 e. The lowest BCUT2D eigenvalue weighted by atomic mass is 10.2. The lowest BCUT2D eigenvalue weighted by Gasteiger charge is -2.08. The predicted octanol–water partition coefficient (Wildman–Crippen LogP) is 3.09. The van der Waals surface area contributed by atoms with E-state index in [2.05, 4.69) is 26.0 Å². The van der Waals surface area contributed by atoms with Crippen LogP contribution in [0.25, 0.3) is 0 Å². The number of sulfonamides is 1. The molecule has 0 aromatic heterocycles. The molecule has 0 spiro atoms. The van der Waals surface area contributed by atoms with E-state index in [0.717, 1.165) is 5.56 Å². The molecule has 0 aliphatic rings. The average molecular weight is 432 g/mol. The Morgan fingerprint density at radius 1 is 1.12 bits per heavy atom. The fraction of sp³-hybridized carbons (Fsp3) is 0.188. The van der Waals surface area contributed by atoms with Gasteiger partial charge >= 0.3 is 0 Å². The van der Waals surface area contributed by atoms with Crippen LogP contribution in [-0.2, 0) is 21.4 Å². The number of carbonyl (C=O) groups excluding carboxylic acids is 1. The number of benzene rings is 2. The van der Waals surface area contributed by atoms with Gasteiger partial charge in [-0.25, -0.2) is 13.1 Å². The second-order valence-corrected chi connectivity index (χ2v) is 8.13. The van der Waals surface area contributed by atoms with Crippen LogP contribution in [0.2, 0.25) is 5.02 Å². The summed E-state index contributed by atoms with van der Waals surface area (Å²) in [5.74, 6) is -0.244. The second-order valence-electron chi connectivity index (χ2n) is 5.01. The fourth-order valence-electron chi connectivity index (χ4n) is 1.95. The van der Waals surface area contributed by atoms with Crippen LogP contribution in [0.1, 0.15) is 12.0 Å². The zero-order chi connectivity index (χ0) is 17.6. The first-order valence-electron chi connectivity index (χ1n) is 7.13. The summed E-state index contributed by atoms with van der Waals surface area (Å²) in [4.78, 5) is 11.9. The van der Waals surface area contributed by atoms with Gasteiger partial charge in [-0.05, 0) is 35.9 Å². The van der Waals surface area contributed by atoms with Crippen LogP contribution in [0.5, 0.6) is 0 Å². The monoisotopic (exact) mass is 430 g/mol. The Labute approximate surface area is 154 Å². The van der Waals surface area contributed by atoms with E-state index in [9.17, 15) is 13.2 Å². The molecule has 2 N–H and O–H groups in total. The molecule has 1 amide bonds. The van der Waals surface area contributed by atoms with Crippen LogP contribution in [0.3, 0.4) is 0 Å². The van der Waals surface area contributed by atoms with Crippen molar-refractivity contribution in [2.75, 3.05) is 6.54 Å².